The Morgan fingerprint density at radius 3 is 2.32 bits per heavy atom. The van der Waals surface area contributed by atoms with Gasteiger partial charge < -0.3 is 20.4 Å². The first-order valence-corrected chi connectivity index (χ1v) is 10.6. The van der Waals surface area contributed by atoms with Crippen LogP contribution in [0.4, 0.5) is 0 Å². The van der Waals surface area contributed by atoms with Crippen LogP contribution in [-0.2, 0) is 6.54 Å². The van der Waals surface area contributed by atoms with Gasteiger partial charge in [-0.25, -0.2) is 0 Å². The molecule has 152 valence electrons. The van der Waals surface area contributed by atoms with Gasteiger partial charge >= 0.3 is 0 Å². The number of primary amides is 1. The molecule has 28 heavy (non-hydrogen) atoms. The number of carbonyl (C=O) groups excluding carboxylic acids is 2. The van der Waals surface area contributed by atoms with Crippen molar-refractivity contribution in [3.8, 4) is 0 Å². The molecule has 3 aliphatic rings. The van der Waals surface area contributed by atoms with Gasteiger partial charge in [-0.2, -0.15) is 0 Å². The number of benzene rings is 1. The number of piperidine rings is 1. The molecule has 0 spiro atoms. The minimum absolute atomic E-state index is 0.0191. The Hall–Kier alpha value is -1.92. The maximum atomic E-state index is 13.0. The van der Waals surface area contributed by atoms with Gasteiger partial charge in [-0.3, -0.25) is 9.59 Å². The second kappa shape index (κ2) is 7.84. The number of nitrogens with two attached hydrogens (primary N) is 1. The second-order valence-corrected chi connectivity index (χ2v) is 8.83. The molecular formula is C22H32N4O2. The van der Waals surface area contributed by atoms with E-state index in [0.717, 1.165) is 37.5 Å². The summed E-state index contributed by atoms with van der Waals surface area (Å²) in [6, 6.07) is 7.12. The summed E-state index contributed by atoms with van der Waals surface area (Å²) < 4.78 is 0. The number of amides is 2. The van der Waals surface area contributed by atoms with Gasteiger partial charge in [-0.05, 0) is 64.3 Å². The SMILES string of the molecule is CN(C)[C@H]1CC[C@@H](N2CCC(N3Cc4cccc(C(N)=O)c4C3=O)CC2)CC1. The fraction of sp³-hybridized carbons (Fsp3) is 0.636. The molecule has 4 rings (SSSR count). The van der Waals surface area contributed by atoms with Crippen LogP contribution in [0.25, 0.3) is 0 Å². The fourth-order valence-electron chi connectivity index (χ4n) is 5.39. The van der Waals surface area contributed by atoms with Crippen LogP contribution in [0.5, 0.6) is 0 Å². The Labute approximate surface area is 167 Å². The van der Waals surface area contributed by atoms with Gasteiger partial charge in [-0.1, -0.05) is 12.1 Å². The van der Waals surface area contributed by atoms with Crippen LogP contribution in [0.3, 0.4) is 0 Å². The predicted octanol–water partition coefficient (Wildman–Crippen LogP) is 2.08. The first-order valence-electron chi connectivity index (χ1n) is 10.6. The van der Waals surface area contributed by atoms with Crippen LogP contribution in [0.1, 0.15) is 64.8 Å². The van der Waals surface area contributed by atoms with Crippen molar-refractivity contribution in [1.29, 1.82) is 0 Å². The lowest BCUT2D eigenvalue weighted by Crippen LogP contribution is -2.50. The summed E-state index contributed by atoms with van der Waals surface area (Å²) in [6.45, 7) is 2.73. The van der Waals surface area contributed by atoms with E-state index in [9.17, 15) is 9.59 Å². The number of hydrogen-bond acceptors (Lipinski definition) is 4. The van der Waals surface area contributed by atoms with Crippen molar-refractivity contribution in [2.24, 2.45) is 5.73 Å². The zero-order chi connectivity index (χ0) is 19.8. The largest absolute Gasteiger partial charge is 0.366 e. The van der Waals surface area contributed by atoms with Crippen LogP contribution in [0.2, 0.25) is 0 Å². The number of likely N-dealkylation sites (tertiary alicyclic amines) is 1. The van der Waals surface area contributed by atoms with Gasteiger partial charge in [-0.15, -0.1) is 0 Å². The summed E-state index contributed by atoms with van der Waals surface area (Å²) in [6.07, 6.45) is 7.16. The van der Waals surface area contributed by atoms with Gasteiger partial charge in [0.25, 0.3) is 5.91 Å². The van der Waals surface area contributed by atoms with E-state index in [1.807, 2.05) is 17.0 Å². The van der Waals surface area contributed by atoms with Crippen molar-refractivity contribution in [3.05, 3.63) is 34.9 Å². The Kier molecular flexibility index (Phi) is 5.43. The summed E-state index contributed by atoms with van der Waals surface area (Å²) >= 11 is 0. The summed E-state index contributed by atoms with van der Waals surface area (Å²) in [4.78, 5) is 31.7. The zero-order valence-electron chi connectivity index (χ0n) is 17.1. The average molecular weight is 385 g/mol. The predicted molar refractivity (Wildman–Crippen MR) is 109 cm³/mol. The lowest BCUT2D eigenvalue weighted by Gasteiger charge is -2.43. The first-order chi connectivity index (χ1) is 13.5. The molecule has 2 N–H and O–H groups in total. The molecule has 1 aromatic carbocycles. The van der Waals surface area contributed by atoms with Crippen LogP contribution in [0, 0.1) is 0 Å². The summed E-state index contributed by atoms with van der Waals surface area (Å²) in [7, 11) is 4.37. The highest BCUT2D eigenvalue weighted by Gasteiger charge is 2.38. The Morgan fingerprint density at radius 2 is 1.71 bits per heavy atom. The molecule has 1 aliphatic carbocycles. The minimum Gasteiger partial charge on any atom is -0.366 e. The quantitative estimate of drug-likeness (QED) is 0.863. The van der Waals surface area contributed by atoms with E-state index < -0.39 is 5.91 Å². The van der Waals surface area contributed by atoms with Crippen LogP contribution in [-0.4, -0.2) is 71.8 Å². The summed E-state index contributed by atoms with van der Waals surface area (Å²) in [5, 5.41) is 0. The molecule has 0 atom stereocenters. The molecule has 1 saturated heterocycles. The second-order valence-electron chi connectivity index (χ2n) is 8.83. The molecule has 1 saturated carbocycles. The topological polar surface area (TPSA) is 69.9 Å². The van der Waals surface area contributed by atoms with E-state index in [1.54, 1.807) is 6.07 Å². The van der Waals surface area contributed by atoms with Crippen molar-refractivity contribution >= 4 is 11.8 Å². The van der Waals surface area contributed by atoms with Crippen molar-refractivity contribution < 1.29 is 9.59 Å². The van der Waals surface area contributed by atoms with E-state index in [2.05, 4.69) is 23.9 Å². The van der Waals surface area contributed by atoms with Crippen LogP contribution in [0.15, 0.2) is 18.2 Å². The standard InChI is InChI=1S/C22H32N4O2/c1-24(2)16-6-8-17(9-7-16)25-12-10-18(11-13-25)26-14-15-4-3-5-19(21(23)27)20(15)22(26)28/h3-5,16-18H,6-14H2,1-2H3,(H2,23,27)/t16-,17+. The zero-order valence-corrected chi connectivity index (χ0v) is 17.1. The maximum Gasteiger partial charge on any atom is 0.255 e. The Morgan fingerprint density at radius 1 is 1.04 bits per heavy atom. The Balaban J connectivity index is 1.36. The minimum atomic E-state index is -0.518. The van der Waals surface area contributed by atoms with Gasteiger partial charge in [0.15, 0.2) is 0 Å². The molecule has 0 bridgehead atoms. The molecule has 6 nitrogen and oxygen atoms in total. The summed E-state index contributed by atoms with van der Waals surface area (Å²) in [5.74, 6) is -0.537. The number of nitrogens with zero attached hydrogens (tertiary/aromatic N) is 3. The number of rotatable bonds is 4. The van der Waals surface area contributed by atoms with E-state index in [4.69, 9.17) is 5.73 Å². The number of carbonyl (C=O) groups is 2. The van der Waals surface area contributed by atoms with E-state index in [1.165, 1.54) is 25.7 Å². The third-order valence-electron chi connectivity index (χ3n) is 7.08. The fourth-order valence-corrected chi connectivity index (χ4v) is 5.39. The highest BCUT2D eigenvalue weighted by atomic mass is 16.2. The van der Waals surface area contributed by atoms with Gasteiger partial charge in [0, 0.05) is 37.8 Å². The molecule has 2 amide bonds. The lowest BCUT2D eigenvalue weighted by molar-refractivity contribution is 0.0465. The smallest absolute Gasteiger partial charge is 0.255 e. The third kappa shape index (κ3) is 3.55. The molecule has 6 heteroatoms. The normalized spacial score (nSPS) is 26.7. The highest BCUT2D eigenvalue weighted by molar-refractivity contribution is 6.09. The monoisotopic (exact) mass is 384 g/mol. The molecule has 0 aromatic heterocycles. The molecule has 2 heterocycles. The highest BCUT2D eigenvalue weighted by Crippen LogP contribution is 2.32. The van der Waals surface area contributed by atoms with Crippen molar-refractivity contribution in [2.45, 2.75) is 63.2 Å². The summed E-state index contributed by atoms with van der Waals surface area (Å²) in [5.41, 5.74) is 7.31. The average Bonchev–Trinajstić information content (AvgIpc) is 3.05. The maximum absolute atomic E-state index is 13.0. The first kappa shape index (κ1) is 19.4. The van der Waals surface area contributed by atoms with Gasteiger partial charge in [0.2, 0.25) is 5.91 Å². The lowest BCUT2D eigenvalue weighted by atomic mass is 9.88. The van der Waals surface area contributed by atoms with Crippen molar-refractivity contribution in [3.63, 3.8) is 0 Å². The van der Waals surface area contributed by atoms with Gasteiger partial charge in [0.1, 0.15) is 0 Å². The Bertz CT molecular complexity index is 747. The van der Waals surface area contributed by atoms with Gasteiger partial charge in [0.05, 0.1) is 11.1 Å². The molecule has 0 radical (unpaired) electrons. The number of fused-ring (bicyclic) bond motifs is 1. The number of hydrogen-bond donors (Lipinski definition) is 1. The van der Waals surface area contributed by atoms with Crippen molar-refractivity contribution in [1.82, 2.24) is 14.7 Å². The molecule has 0 unspecified atom stereocenters. The molecule has 1 aromatic rings. The van der Waals surface area contributed by atoms with E-state index in [-0.39, 0.29) is 11.9 Å². The van der Waals surface area contributed by atoms with E-state index in [0.29, 0.717) is 23.7 Å². The molecule has 2 fully saturated rings. The van der Waals surface area contributed by atoms with Crippen LogP contribution >= 0.6 is 0 Å². The van der Waals surface area contributed by atoms with Crippen LogP contribution < -0.4 is 5.73 Å². The third-order valence-corrected chi connectivity index (χ3v) is 7.08. The van der Waals surface area contributed by atoms with E-state index >= 15 is 0 Å². The molecule has 2 aliphatic heterocycles. The van der Waals surface area contributed by atoms with Crippen molar-refractivity contribution in [2.75, 3.05) is 27.2 Å². The molecular weight excluding hydrogens is 352 g/mol.